The number of alkyl halides is 3. The molecule has 4 aromatic rings. The van der Waals surface area contributed by atoms with Gasteiger partial charge in [0.2, 0.25) is 5.91 Å². The van der Waals surface area contributed by atoms with Gasteiger partial charge < -0.3 is 19.5 Å². The number of para-hydroxylation sites is 3. The lowest BCUT2D eigenvalue weighted by Crippen LogP contribution is -2.31. The first kappa shape index (κ1) is 34.4. The van der Waals surface area contributed by atoms with Crippen LogP contribution in [-0.4, -0.2) is 36.2 Å². The number of methoxy groups -OCH3 is 1. The number of aliphatic imine (C=N–C) groups is 1. The molecule has 1 aliphatic heterocycles. The van der Waals surface area contributed by atoms with E-state index >= 15 is 0 Å². The molecule has 1 aliphatic rings. The van der Waals surface area contributed by atoms with Crippen molar-refractivity contribution >= 4 is 57.8 Å². The fourth-order valence-electron chi connectivity index (χ4n) is 4.81. The van der Waals surface area contributed by atoms with Crippen molar-refractivity contribution in [1.29, 1.82) is 0 Å². The van der Waals surface area contributed by atoms with E-state index in [2.05, 4.69) is 15.0 Å². The summed E-state index contributed by atoms with van der Waals surface area (Å²) in [4.78, 5) is 32.4. The Hall–Kier alpha value is -4.94. The van der Waals surface area contributed by atoms with Crippen molar-refractivity contribution in [3.63, 3.8) is 0 Å². The van der Waals surface area contributed by atoms with Crippen molar-refractivity contribution in [2.45, 2.75) is 26.8 Å². The third-order valence-electron chi connectivity index (χ3n) is 6.98. The number of amidine groups is 1. The van der Waals surface area contributed by atoms with Crippen LogP contribution in [-0.2, 0) is 16.2 Å². The summed E-state index contributed by atoms with van der Waals surface area (Å²) in [5.41, 5.74) is 3.67. The number of amides is 2. The molecule has 4 aromatic carbocycles. The van der Waals surface area contributed by atoms with Crippen LogP contribution in [0.25, 0.3) is 6.08 Å². The van der Waals surface area contributed by atoms with Crippen LogP contribution in [0.3, 0.4) is 0 Å². The first-order valence-corrected chi connectivity index (χ1v) is 15.8. The van der Waals surface area contributed by atoms with Crippen molar-refractivity contribution in [2.24, 2.45) is 4.99 Å². The molecule has 0 spiro atoms. The second-order valence-electron chi connectivity index (χ2n) is 10.5. The number of aryl methyl sites for hydroxylation is 2. The summed E-state index contributed by atoms with van der Waals surface area (Å²) in [6.45, 7) is 3.99. The highest BCUT2D eigenvalue weighted by Gasteiger charge is 2.34. The molecular weight excluding hydrogens is 667 g/mol. The number of rotatable bonds is 10. The Morgan fingerprint density at radius 2 is 1.67 bits per heavy atom. The summed E-state index contributed by atoms with van der Waals surface area (Å²) >= 11 is 7.26. The Morgan fingerprint density at radius 3 is 2.35 bits per heavy atom. The molecular formula is C35H29ClF3N3O5S. The van der Waals surface area contributed by atoms with Gasteiger partial charge in [0, 0.05) is 10.6 Å². The molecule has 1 N–H and O–H groups in total. The van der Waals surface area contributed by atoms with Gasteiger partial charge in [-0.3, -0.25) is 14.5 Å². The van der Waals surface area contributed by atoms with E-state index in [1.165, 1.54) is 23.1 Å². The first-order chi connectivity index (χ1) is 22.9. The number of ether oxygens (including phenoxy) is 3. The van der Waals surface area contributed by atoms with Crippen LogP contribution in [0.2, 0.25) is 5.02 Å². The molecule has 0 fully saturated rings. The third-order valence-corrected chi connectivity index (χ3v) is 8.51. The molecule has 0 atom stereocenters. The molecule has 248 valence electrons. The summed E-state index contributed by atoms with van der Waals surface area (Å²) in [5, 5.41) is 3.34. The summed E-state index contributed by atoms with van der Waals surface area (Å²) in [5.74, 6) is -0.599. The molecule has 5 rings (SSSR count). The van der Waals surface area contributed by atoms with Gasteiger partial charge in [-0.25, -0.2) is 4.99 Å². The quantitative estimate of drug-likeness (QED) is 0.167. The van der Waals surface area contributed by atoms with Crippen molar-refractivity contribution in [1.82, 2.24) is 0 Å². The minimum absolute atomic E-state index is 0.117. The largest absolute Gasteiger partial charge is 0.573 e. The third kappa shape index (κ3) is 8.50. The fourth-order valence-corrected chi connectivity index (χ4v) is 5.73. The lowest BCUT2D eigenvalue weighted by Gasteiger charge is -2.18. The molecule has 0 radical (unpaired) electrons. The van der Waals surface area contributed by atoms with Gasteiger partial charge in [0.15, 0.2) is 10.9 Å². The molecule has 13 heteroatoms. The number of nitrogens with zero attached hydrogens (tertiary/aromatic N) is 2. The number of benzene rings is 4. The SMILES string of the molecule is COc1ccc(/C=C2/N=C(SCC(=O)Nc3ccccc3OC(F)(F)F)N(c3ccccc3)C2=O)cc1COc1cc(C)c(Cl)c(C)c1. The number of hydrogen-bond donors (Lipinski definition) is 1. The summed E-state index contributed by atoms with van der Waals surface area (Å²) in [6.07, 6.45) is -3.31. The Bertz CT molecular complexity index is 1880. The van der Waals surface area contributed by atoms with Gasteiger partial charge in [-0.05, 0) is 85.1 Å². The second kappa shape index (κ2) is 14.9. The summed E-state index contributed by atoms with van der Waals surface area (Å²) in [6, 6.07) is 23.1. The number of thioether (sulfide) groups is 1. The molecule has 0 saturated heterocycles. The summed E-state index contributed by atoms with van der Waals surface area (Å²) < 4.78 is 54.1. The predicted octanol–water partition coefficient (Wildman–Crippen LogP) is 8.56. The van der Waals surface area contributed by atoms with Gasteiger partial charge in [-0.15, -0.1) is 13.2 Å². The maximum absolute atomic E-state index is 13.7. The molecule has 1 heterocycles. The maximum atomic E-state index is 13.7. The van der Waals surface area contributed by atoms with Gasteiger partial charge >= 0.3 is 6.36 Å². The number of halogens is 4. The van der Waals surface area contributed by atoms with Crippen LogP contribution in [0, 0.1) is 13.8 Å². The molecule has 0 aliphatic carbocycles. The Balaban J connectivity index is 1.37. The average Bonchev–Trinajstić information content (AvgIpc) is 3.36. The highest BCUT2D eigenvalue weighted by Crippen LogP contribution is 2.33. The predicted molar refractivity (Wildman–Crippen MR) is 182 cm³/mol. The molecule has 0 bridgehead atoms. The number of nitrogens with one attached hydrogen (secondary N) is 1. The first-order valence-electron chi connectivity index (χ1n) is 14.5. The number of anilines is 2. The van der Waals surface area contributed by atoms with Crippen LogP contribution in [0.5, 0.6) is 17.2 Å². The van der Waals surface area contributed by atoms with Crippen LogP contribution in [0.4, 0.5) is 24.5 Å². The molecule has 0 aromatic heterocycles. The second-order valence-corrected chi connectivity index (χ2v) is 11.8. The molecule has 0 unspecified atom stereocenters. The van der Waals surface area contributed by atoms with Crippen molar-refractivity contribution in [3.05, 3.63) is 118 Å². The van der Waals surface area contributed by atoms with Crippen LogP contribution >= 0.6 is 23.4 Å². The zero-order valence-electron chi connectivity index (χ0n) is 25.9. The Labute approximate surface area is 284 Å². The van der Waals surface area contributed by atoms with Crippen LogP contribution < -0.4 is 24.4 Å². The van der Waals surface area contributed by atoms with Crippen molar-refractivity contribution in [2.75, 3.05) is 23.1 Å². The van der Waals surface area contributed by atoms with E-state index in [1.54, 1.807) is 55.7 Å². The average molecular weight is 696 g/mol. The van der Waals surface area contributed by atoms with Crippen molar-refractivity contribution < 1.29 is 37.0 Å². The zero-order valence-corrected chi connectivity index (χ0v) is 27.5. The van der Waals surface area contributed by atoms with E-state index < -0.39 is 23.9 Å². The lowest BCUT2D eigenvalue weighted by molar-refractivity contribution is -0.274. The van der Waals surface area contributed by atoms with Crippen molar-refractivity contribution in [3.8, 4) is 17.2 Å². The van der Waals surface area contributed by atoms with Crippen LogP contribution in [0.15, 0.2) is 95.6 Å². The minimum Gasteiger partial charge on any atom is -0.496 e. The molecule has 0 saturated carbocycles. The van der Waals surface area contributed by atoms with E-state index in [4.69, 9.17) is 21.1 Å². The maximum Gasteiger partial charge on any atom is 0.573 e. The Kier molecular flexibility index (Phi) is 10.7. The minimum atomic E-state index is -4.93. The molecule has 48 heavy (non-hydrogen) atoms. The van der Waals surface area contributed by atoms with E-state index in [-0.39, 0.29) is 28.9 Å². The van der Waals surface area contributed by atoms with Gasteiger partial charge in [-0.1, -0.05) is 59.8 Å². The monoisotopic (exact) mass is 695 g/mol. The fraction of sp³-hybridized carbons (Fsp3) is 0.171. The van der Waals surface area contributed by atoms with E-state index in [1.807, 2.05) is 32.0 Å². The van der Waals surface area contributed by atoms with Gasteiger partial charge in [0.05, 0.1) is 24.2 Å². The smallest absolute Gasteiger partial charge is 0.496 e. The number of hydrogen-bond acceptors (Lipinski definition) is 7. The standard InChI is InChI=1S/C35H29ClF3N3O5S/c1-21-15-26(16-22(2)32(21)36)46-19-24-17-23(13-14-29(24)45-3)18-28-33(44)42(25-9-5-4-6-10-25)34(41-28)48-20-31(43)40-27-11-7-8-12-30(27)47-35(37,38)39/h4-18H,19-20H2,1-3H3,(H,40,43)/b28-18+. The van der Waals surface area contributed by atoms with Gasteiger partial charge in [0.1, 0.15) is 23.8 Å². The number of carbonyl (C=O) groups excluding carboxylic acids is 2. The topological polar surface area (TPSA) is 89.5 Å². The highest BCUT2D eigenvalue weighted by molar-refractivity contribution is 8.14. The molecule has 8 nitrogen and oxygen atoms in total. The summed E-state index contributed by atoms with van der Waals surface area (Å²) in [7, 11) is 1.55. The van der Waals surface area contributed by atoms with Gasteiger partial charge in [-0.2, -0.15) is 0 Å². The van der Waals surface area contributed by atoms with E-state index in [9.17, 15) is 22.8 Å². The zero-order chi connectivity index (χ0) is 34.4. The van der Waals surface area contributed by atoms with E-state index in [0.717, 1.165) is 34.5 Å². The number of carbonyl (C=O) groups is 2. The highest BCUT2D eigenvalue weighted by atomic mass is 35.5. The van der Waals surface area contributed by atoms with E-state index in [0.29, 0.717) is 27.8 Å². The molecule has 2 amide bonds. The lowest BCUT2D eigenvalue weighted by atomic mass is 10.1. The normalized spacial score (nSPS) is 13.8. The Morgan fingerprint density at radius 1 is 0.979 bits per heavy atom. The van der Waals surface area contributed by atoms with Gasteiger partial charge in [0.25, 0.3) is 5.91 Å². The van der Waals surface area contributed by atoms with Crippen LogP contribution in [0.1, 0.15) is 22.3 Å².